The Labute approximate surface area is 120 Å². The lowest BCUT2D eigenvalue weighted by Gasteiger charge is -2.24. The first-order valence-corrected chi connectivity index (χ1v) is 6.73. The van der Waals surface area contributed by atoms with Gasteiger partial charge in [-0.1, -0.05) is 11.6 Å². The topological polar surface area (TPSA) is 38.3 Å². The van der Waals surface area contributed by atoms with Gasteiger partial charge in [0.25, 0.3) is 5.91 Å². The van der Waals surface area contributed by atoms with Gasteiger partial charge < -0.3 is 10.1 Å². The number of aryl methyl sites for hydroxylation is 2. The smallest absolute Gasteiger partial charge is 0.261 e. The molecule has 0 aromatic heterocycles. The molecule has 3 nitrogen and oxygen atoms in total. The lowest BCUT2D eigenvalue weighted by Crippen LogP contribution is -2.46. The molecule has 1 amide bonds. The molecule has 19 heavy (non-hydrogen) atoms. The summed E-state index contributed by atoms with van der Waals surface area (Å²) in [4.78, 5) is 11.9. The van der Waals surface area contributed by atoms with Gasteiger partial charge in [0, 0.05) is 10.6 Å². The second kappa shape index (κ2) is 5.83. The number of amides is 1. The molecule has 0 aliphatic rings. The van der Waals surface area contributed by atoms with Crippen molar-refractivity contribution in [3.63, 3.8) is 0 Å². The maximum absolute atomic E-state index is 11.9. The second-order valence-electron chi connectivity index (χ2n) is 5.87. The van der Waals surface area contributed by atoms with E-state index in [1.54, 1.807) is 6.92 Å². The van der Waals surface area contributed by atoms with E-state index in [9.17, 15) is 4.79 Å². The minimum Gasteiger partial charge on any atom is -0.481 e. The van der Waals surface area contributed by atoms with Gasteiger partial charge in [-0.3, -0.25) is 4.79 Å². The van der Waals surface area contributed by atoms with E-state index >= 15 is 0 Å². The van der Waals surface area contributed by atoms with Crippen molar-refractivity contribution in [2.45, 2.75) is 53.2 Å². The molecule has 0 saturated heterocycles. The van der Waals surface area contributed by atoms with Gasteiger partial charge in [-0.15, -0.1) is 0 Å². The van der Waals surface area contributed by atoms with Gasteiger partial charge in [0.2, 0.25) is 0 Å². The van der Waals surface area contributed by atoms with Crippen molar-refractivity contribution in [1.29, 1.82) is 0 Å². The van der Waals surface area contributed by atoms with E-state index in [4.69, 9.17) is 16.3 Å². The Hall–Kier alpha value is -1.22. The summed E-state index contributed by atoms with van der Waals surface area (Å²) in [6.45, 7) is 11.4. The Morgan fingerprint density at radius 1 is 1.26 bits per heavy atom. The van der Waals surface area contributed by atoms with E-state index in [0.717, 1.165) is 16.1 Å². The Morgan fingerprint density at radius 2 is 1.74 bits per heavy atom. The van der Waals surface area contributed by atoms with Gasteiger partial charge in [0.05, 0.1) is 0 Å². The van der Waals surface area contributed by atoms with E-state index in [2.05, 4.69) is 5.32 Å². The van der Waals surface area contributed by atoms with Crippen molar-refractivity contribution in [3.8, 4) is 5.75 Å². The zero-order valence-electron chi connectivity index (χ0n) is 12.4. The van der Waals surface area contributed by atoms with E-state index in [1.807, 2.05) is 46.8 Å². The van der Waals surface area contributed by atoms with Crippen LogP contribution in [0.4, 0.5) is 0 Å². The molecule has 0 aliphatic heterocycles. The molecule has 4 heteroatoms. The van der Waals surface area contributed by atoms with E-state index in [-0.39, 0.29) is 11.4 Å². The van der Waals surface area contributed by atoms with Gasteiger partial charge in [-0.2, -0.15) is 0 Å². The maximum Gasteiger partial charge on any atom is 0.261 e. The average molecular weight is 284 g/mol. The quantitative estimate of drug-likeness (QED) is 0.920. The van der Waals surface area contributed by atoms with Crippen LogP contribution in [0.15, 0.2) is 12.1 Å². The highest BCUT2D eigenvalue weighted by Gasteiger charge is 2.20. The molecule has 1 aromatic carbocycles. The molecule has 106 valence electrons. The second-order valence-corrected chi connectivity index (χ2v) is 6.25. The average Bonchev–Trinajstić information content (AvgIpc) is 2.23. The van der Waals surface area contributed by atoms with Gasteiger partial charge >= 0.3 is 0 Å². The first kappa shape index (κ1) is 15.8. The largest absolute Gasteiger partial charge is 0.481 e. The number of hydrogen-bond donors (Lipinski definition) is 1. The third-order valence-corrected chi connectivity index (χ3v) is 3.19. The molecule has 1 aromatic rings. The number of rotatable bonds is 3. The zero-order chi connectivity index (χ0) is 14.8. The summed E-state index contributed by atoms with van der Waals surface area (Å²) in [5.41, 5.74) is 1.63. The van der Waals surface area contributed by atoms with Crippen molar-refractivity contribution in [3.05, 3.63) is 28.3 Å². The summed E-state index contributed by atoms with van der Waals surface area (Å²) < 4.78 is 5.67. The zero-order valence-corrected chi connectivity index (χ0v) is 13.2. The number of ether oxygens (including phenoxy) is 1. The van der Waals surface area contributed by atoms with Crippen LogP contribution < -0.4 is 10.1 Å². The van der Waals surface area contributed by atoms with E-state index in [0.29, 0.717) is 5.75 Å². The normalized spacial score (nSPS) is 13.0. The molecule has 0 fully saturated rings. The minimum atomic E-state index is -0.542. The van der Waals surface area contributed by atoms with Crippen molar-refractivity contribution in [2.24, 2.45) is 0 Å². The van der Waals surface area contributed by atoms with Crippen LogP contribution >= 0.6 is 11.6 Å². The fourth-order valence-electron chi connectivity index (χ4n) is 1.70. The molecule has 0 aliphatic carbocycles. The first-order chi connectivity index (χ1) is 8.60. The fraction of sp³-hybridized carbons (Fsp3) is 0.533. The van der Waals surface area contributed by atoms with Crippen LogP contribution in [-0.2, 0) is 4.79 Å². The molecule has 0 bridgehead atoms. The summed E-state index contributed by atoms with van der Waals surface area (Å²) in [5.74, 6) is 0.536. The molecule has 0 spiro atoms. The predicted octanol–water partition coefficient (Wildman–Crippen LogP) is 3.64. The molecule has 1 atom stereocenters. The Bertz CT molecular complexity index is 455. The SMILES string of the molecule is Cc1cc(O[C@H](C)C(=O)NC(C)(C)C)cc(C)c1Cl. The molecular weight excluding hydrogens is 262 g/mol. The lowest BCUT2D eigenvalue weighted by atomic mass is 10.1. The van der Waals surface area contributed by atoms with Crippen molar-refractivity contribution >= 4 is 17.5 Å². The molecule has 1 N–H and O–H groups in total. The highest BCUT2D eigenvalue weighted by Crippen LogP contribution is 2.26. The third-order valence-electron chi connectivity index (χ3n) is 2.59. The molecule has 0 radical (unpaired) electrons. The van der Waals surface area contributed by atoms with Crippen LogP contribution in [0.5, 0.6) is 5.75 Å². The summed E-state index contributed by atoms with van der Waals surface area (Å²) in [5, 5.41) is 3.63. The summed E-state index contributed by atoms with van der Waals surface area (Å²) in [6, 6.07) is 3.69. The lowest BCUT2D eigenvalue weighted by molar-refractivity contribution is -0.128. The molecule has 0 saturated carbocycles. The number of nitrogens with one attached hydrogen (secondary N) is 1. The molecule has 0 unspecified atom stereocenters. The summed E-state index contributed by atoms with van der Waals surface area (Å²) in [6.07, 6.45) is -0.542. The monoisotopic (exact) mass is 283 g/mol. The number of halogens is 1. The minimum absolute atomic E-state index is 0.127. The Balaban J connectivity index is 2.77. The van der Waals surface area contributed by atoms with Crippen molar-refractivity contribution in [2.75, 3.05) is 0 Å². The molecule has 0 heterocycles. The van der Waals surface area contributed by atoms with Gasteiger partial charge in [-0.05, 0) is 64.8 Å². The number of carbonyl (C=O) groups is 1. The van der Waals surface area contributed by atoms with Gasteiger partial charge in [-0.25, -0.2) is 0 Å². The fourth-order valence-corrected chi connectivity index (χ4v) is 1.81. The highest BCUT2D eigenvalue weighted by molar-refractivity contribution is 6.32. The maximum atomic E-state index is 11.9. The molecule has 1 rings (SSSR count). The van der Waals surface area contributed by atoms with Gasteiger partial charge in [0.1, 0.15) is 5.75 Å². The van der Waals surface area contributed by atoms with Crippen LogP contribution in [0.25, 0.3) is 0 Å². The van der Waals surface area contributed by atoms with Crippen LogP contribution in [-0.4, -0.2) is 17.6 Å². The van der Waals surface area contributed by atoms with Crippen molar-refractivity contribution in [1.82, 2.24) is 5.32 Å². The standard InChI is InChI=1S/C15H22ClNO2/c1-9-7-12(8-10(2)13(9)16)19-11(3)14(18)17-15(4,5)6/h7-8,11H,1-6H3,(H,17,18)/t11-/m1/s1. The van der Waals surface area contributed by atoms with Crippen LogP contribution in [0.1, 0.15) is 38.8 Å². The third kappa shape index (κ3) is 4.75. The van der Waals surface area contributed by atoms with Gasteiger partial charge in [0.15, 0.2) is 6.10 Å². The molecular formula is C15H22ClNO2. The summed E-state index contributed by atoms with van der Waals surface area (Å²) in [7, 11) is 0. The number of hydrogen-bond acceptors (Lipinski definition) is 2. The Kier molecular flexibility index (Phi) is 4.86. The van der Waals surface area contributed by atoms with Crippen molar-refractivity contribution < 1.29 is 9.53 Å². The Morgan fingerprint density at radius 3 is 2.16 bits per heavy atom. The van der Waals surface area contributed by atoms with Crippen LogP contribution in [0.2, 0.25) is 5.02 Å². The van der Waals surface area contributed by atoms with E-state index < -0.39 is 6.10 Å². The summed E-state index contributed by atoms with van der Waals surface area (Å²) >= 11 is 6.10. The number of carbonyl (C=O) groups excluding carboxylic acids is 1. The number of benzene rings is 1. The van der Waals surface area contributed by atoms with Crippen LogP contribution in [0, 0.1) is 13.8 Å². The predicted molar refractivity (Wildman–Crippen MR) is 78.9 cm³/mol. The van der Waals surface area contributed by atoms with E-state index in [1.165, 1.54) is 0 Å². The first-order valence-electron chi connectivity index (χ1n) is 6.35. The van der Waals surface area contributed by atoms with Crippen LogP contribution in [0.3, 0.4) is 0 Å². The highest BCUT2D eigenvalue weighted by atomic mass is 35.5.